The Morgan fingerprint density at radius 2 is 2.15 bits per heavy atom. The number of rotatable bonds is 1. The molecular formula is C16H21BrN2O. The molecule has 2 heterocycles. The van der Waals surface area contributed by atoms with Crippen molar-refractivity contribution in [1.82, 2.24) is 10.2 Å². The molecule has 3 nitrogen and oxygen atoms in total. The standard InChI is InChI=1S/C16H21BrN2O/c17-14-5-1-4-13(10-14)15(20)19-9-3-7-16(12-19)6-2-8-18-11-16/h1,4-5,10,18H,2-3,6-9,11-12H2. The highest BCUT2D eigenvalue weighted by Gasteiger charge is 2.38. The Morgan fingerprint density at radius 1 is 1.30 bits per heavy atom. The second-order valence-corrected chi connectivity index (χ2v) is 7.04. The summed E-state index contributed by atoms with van der Waals surface area (Å²) in [6.07, 6.45) is 4.87. The highest BCUT2D eigenvalue weighted by atomic mass is 79.9. The van der Waals surface area contributed by atoms with Gasteiger partial charge in [0.15, 0.2) is 0 Å². The highest BCUT2D eigenvalue weighted by Crippen LogP contribution is 2.36. The summed E-state index contributed by atoms with van der Waals surface area (Å²) in [6, 6.07) is 7.72. The lowest BCUT2D eigenvalue weighted by Gasteiger charge is -2.45. The van der Waals surface area contributed by atoms with Gasteiger partial charge in [0.25, 0.3) is 5.91 Å². The maximum Gasteiger partial charge on any atom is 0.253 e. The topological polar surface area (TPSA) is 32.3 Å². The van der Waals surface area contributed by atoms with Gasteiger partial charge < -0.3 is 10.2 Å². The quantitative estimate of drug-likeness (QED) is 0.854. The van der Waals surface area contributed by atoms with Gasteiger partial charge in [0.05, 0.1) is 0 Å². The van der Waals surface area contributed by atoms with E-state index in [-0.39, 0.29) is 5.91 Å². The van der Waals surface area contributed by atoms with E-state index in [4.69, 9.17) is 0 Å². The zero-order chi connectivity index (χ0) is 14.0. The highest BCUT2D eigenvalue weighted by molar-refractivity contribution is 9.10. The molecule has 1 amide bonds. The van der Waals surface area contributed by atoms with E-state index in [0.717, 1.165) is 42.6 Å². The van der Waals surface area contributed by atoms with Crippen molar-refractivity contribution >= 4 is 21.8 Å². The van der Waals surface area contributed by atoms with Crippen LogP contribution in [0.1, 0.15) is 36.0 Å². The molecule has 0 aliphatic carbocycles. The molecule has 1 aromatic carbocycles. The minimum atomic E-state index is 0.177. The summed E-state index contributed by atoms with van der Waals surface area (Å²) in [7, 11) is 0. The van der Waals surface area contributed by atoms with Gasteiger partial charge in [-0.3, -0.25) is 4.79 Å². The normalized spacial score (nSPS) is 26.8. The fraction of sp³-hybridized carbons (Fsp3) is 0.562. The smallest absolute Gasteiger partial charge is 0.253 e. The average molecular weight is 337 g/mol. The van der Waals surface area contributed by atoms with E-state index in [1.807, 2.05) is 24.3 Å². The maximum absolute atomic E-state index is 12.7. The Balaban J connectivity index is 1.74. The molecule has 2 aliphatic rings. The lowest BCUT2D eigenvalue weighted by atomic mass is 9.74. The maximum atomic E-state index is 12.7. The van der Waals surface area contributed by atoms with Gasteiger partial charge in [-0.05, 0) is 50.4 Å². The SMILES string of the molecule is O=C(c1cccc(Br)c1)N1CCCC2(CCCNC2)C1. The first-order valence-corrected chi connectivity index (χ1v) is 8.23. The van der Waals surface area contributed by atoms with Crippen molar-refractivity contribution in [3.63, 3.8) is 0 Å². The van der Waals surface area contributed by atoms with E-state index in [9.17, 15) is 4.79 Å². The third-order valence-corrected chi connectivity index (χ3v) is 5.07. The summed E-state index contributed by atoms with van der Waals surface area (Å²) in [5.41, 5.74) is 1.11. The van der Waals surface area contributed by atoms with Crippen LogP contribution < -0.4 is 5.32 Å². The monoisotopic (exact) mass is 336 g/mol. The molecule has 3 rings (SSSR count). The van der Waals surface area contributed by atoms with Crippen molar-refractivity contribution in [3.8, 4) is 0 Å². The molecule has 20 heavy (non-hydrogen) atoms. The average Bonchev–Trinajstić information content (AvgIpc) is 2.47. The van der Waals surface area contributed by atoms with Crippen molar-refractivity contribution in [2.75, 3.05) is 26.2 Å². The lowest BCUT2D eigenvalue weighted by molar-refractivity contribution is 0.0434. The van der Waals surface area contributed by atoms with Crippen LogP contribution in [0.5, 0.6) is 0 Å². The molecule has 0 saturated carbocycles. The van der Waals surface area contributed by atoms with Gasteiger partial charge in [0, 0.05) is 35.1 Å². The van der Waals surface area contributed by atoms with Crippen LogP contribution >= 0.6 is 15.9 Å². The number of carbonyl (C=O) groups is 1. The Bertz CT molecular complexity index is 491. The summed E-state index contributed by atoms with van der Waals surface area (Å²) in [5.74, 6) is 0.177. The van der Waals surface area contributed by atoms with E-state index in [1.54, 1.807) is 0 Å². The Morgan fingerprint density at radius 3 is 2.90 bits per heavy atom. The number of hydrogen-bond acceptors (Lipinski definition) is 2. The van der Waals surface area contributed by atoms with E-state index in [2.05, 4.69) is 26.1 Å². The van der Waals surface area contributed by atoms with Gasteiger partial charge in [-0.1, -0.05) is 22.0 Å². The van der Waals surface area contributed by atoms with Gasteiger partial charge in [-0.25, -0.2) is 0 Å². The van der Waals surface area contributed by atoms with Gasteiger partial charge in [-0.2, -0.15) is 0 Å². The van der Waals surface area contributed by atoms with Crippen LogP contribution in [0.15, 0.2) is 28.7 Å². The first kappa shape index (κ1) is 14.1. The fourth-order valence-electron chi connectivity index (χ4n) is 3.56. The molecule has 1 N–H and O–H groups in total. The lowest BCUT2D eigenvalue weighted by Crippen LogP contribution is -2.52. The Hall–Kier alpha value is -0.870. The number of nitrogens with one attached hydrogen (secondary N) is 1. The molecule has 1 atom stereocenters. The van der Waals surface area contributed by atoms with Crippen molar-refractivity contribution in [3.05, 3.63) is 34.3 Å². The van der Waals surface area contributed by atoms with E-state index >= 15 is 0 Å². The van der Waals surface area contributed by atoms with Crippen LogP contribution in [0.2, 0.25) is 0 Å². The molecule has 0 aromatic heterocycles. The summed E-state index contributed by atoms with van der Waals surface area (Å²) >= 11 is 3.44. The summed E-state index contributed by atoms with van der Waals surface area (Å²) in [6.45, 7) is 4.00. The van der Waals surface area contributed by atoms with E-state index in [0.29, 0.717) is 5.41 Å². The Kier molecular flexibility index (Phi) is 4.13. The fourth-order valence-corrected chi connectivity index (χ4v) is 3.96. The molecule has 2 fully saturated rings. The van der Waals surface area contributed by atoms with Crippen molar-refractivity contribution < 1.29 is 4.79 Å². The van der Waals surface area contributed by atoms with Crippen molar-refractivity contribution in [2.45, 2.75) is 25.7 Å². The third-order valence-electron chi connectivity index (χ3n) is 4.58. The van der Waals surface area contributed by atoms with Crippen LogP contribution in [-0.4, -0.2) is 37.0 Å². The number of hydrogen-bond donors (Lipinski definition) is 1. The zero-order valence-electron chi connectivity index (χ0n) is 11.7. The number of amides is 1. The molecule has 0 radical (unpaired) electrons. The van der Waals surface area contributed by atoms with Crippen LogP contribution in [0.3, 0.4) is 0 Å². The predicted octanol–water partition coefficient (Wildman–Crippen LogP) is 3.05. The van der Waals surface area contributed by atoms with E-state index < -0.39 is 0 Å². The molecule has 1 unspecified atom stereocenters. The Labute approximate surface area is 128 Å². The number of halogens is 1. The number of carbonyl (C=O) groups excluding carboxylic acids is 1. The largest absolute Gasteiger partial charge is 0.338 e. The van der Waals surface area contributed by atoms with Crippen LogP contribution in [0, 0.1) is 5.41 Å². The first-order chi connectivity index (χ1) is 9.69. The van der Waals surface area contributed by atoms with Gasteiger partial charge in [0.1, 0.15) is 0 Å². The second kappa shape index (κ2) is 5.86. The minimum Gasteiger partial charge on any atom is -0.338 e. The molecule has 0 bridgehead atoms. The predicted molar refractivity (Wildman–Crippen MR) is 83.8 cm³/mol. The molecule has 1 spiro atoms. The number of nitrogens with zero attached hydrogens (tertiary/aromatic N) is 1. The molecule has 4 heteroatoms. The molecular weight excluding hydrogens is 316 g/mol. The van der Waals surface area contributed by atoms with Crippen molar-refractivity contribution in [1.29, 1.82) is 0 Å². The second-order valence-electron chi connectivity index (χ2n) is 6.12. The van der Waals surface area contributed by atoms with E-state index in [1.165, 1.54) is 19.3 Å². The van der Waals surface area contributed by atoms with Gasteiger partial charge in [-0.15, -0.1) is 0 Å². The van der Waals surface area contributed by atoms with Gasteiger partial charge >= 0.3 is 0 Å². The number of benzene rings is 1. The summed E-state index contributed by atoms with van der Waals surface area (Å²) < 4.78 is 0.967. The van der Waals surface area contributed by atoms with Crippen molar-refractivity contribution in [2.24, 2.45) is 5.41 Å². The third kappa shape index (κ3) is 2.91. The van der Waals surface area contributed by atoms with Crippen LogP contribution in [-0.2, 0) is 0 Å². The van der Waals surface area contributed by atoms with Crippen LogP contribution in [0.4, 0.5) is 0 Å². The molecule has 108 valence electrons. The molecule has 2 aliphatic heterocycles. The zero-order valence-corrected chi connectivity index (χ0v) is 13.3. The number of likely N-dealkylation sites (tertiary alicyclic amines) is 1. The summed E-state index contributed by atoms with van der Waals surface area (Å²) in [5, 5.41) is 3.51. The van der Waals surface area contributed by atoms with Crippen LogP contribution in [0.25, 0.3) is 0 Å². The first-order valence-electron chi connectivity index (χ1n) is 7.44. The van der Waals surface area contributed by atoms with Gasteiger partial charge in [0.2, 0.25) is 0 Å². The molecule has 2 saturated heterocycles. The minimum absolute atomic E-state index is 0.177. The number of piperidine rings is 2. The summed E-state index contributed by atoms with van der Waals surface area (Å²) in [4.78, 5) is 14.7. The molecule has 1 aromatic rings.